The number of amides is 1. The number of methoxy groups -OCH3 is 1. The summed E-state index contributed by atoms with van der Waals surface area (Å²) in [5.41, 5.74) is 5.08. The lowest BCUT2D eigenvalue weighted by atomic mass is 9.94. The number of carbonyl (C=O) groups excluding carboxylic acids is 2. The number of hydrogen-bond acceptors (Lipinski definition) is 8. The Morgan fingerprint density at radius 3 is 2.49 bits per heavy atom. The average Bonchev–Trinajstić information content (AvgIpc) is 3.45. The Morgan fingerprint density at radius 1 is 1.06 bits per heavy atom. The molecule has 1 saturated heterocycles. The minimum absolute atomic E-state index is 0.102. The van der Waals surface area contributed by atoms with E-state index in [9.17, 15) is 19.2 Å². The Labute approximate surface area is 276 Å². The van der Waals surface area contributed by atoms with Crippen LogP contribution in [0.2, 0.25) is 5.02 Å². The van der Waals surface area contributed by atoms with Gasteiger partial charge in [-0.1, -0.05) is 41.9 Å². The highest BCUT2D eigenvalue weighted by molar-refractivity contribution is 6.36. The number of nitrogens with one attached hydrogen (secondary N) is 1. The van der Waals surface area contributed by atoms with Crippen LogP contribution in [0.15, 0.2) is 58.3 Å². The van der Waals surface area contributed by atoms with Crippen LogP contribution >= 0.6 is 11.6 Å². The van der Waals surface area contributed by atoms with Gasteiger partial charge in [0.2, 0.25) is 5.88 Å². The molecule has 2 aliphatic rings. The molecule has 1 atom stereocenters. The van der Waals surface area contributed by atoms with Gasteiger partial charge in [0, 0.05) is 61.8 Å². The molecule has 0 radical (unpaired) electrons. The Balaban J connectivity index is 1.29. The fourth-order valence-electron chi connectivity index (χ4n) is 6.57. The lowest BCUT2D eigenvalue weighted by Crippen LogP contribution is -2.51. The van der Waals surface area contributed by atoms with Crippen molar-refractivity contribution in [2.45, 2.75) is 32.7 Å². The molecule has 1 amide bonds. The minimum atomic E-state index is -0.676. The van der Waals surface area contributed by atoms with Gasteiger partial charge in [0.15, 0.2) is 0 Å². The van der Waals surface area contributed by atoms with Gasteiger partial charge in [-0.15, -0.1) is 0 Å². The van der Waals surface area contributed by atoms with E-state index in [-0.39, 0.29) is 23.5 Å². The number of rotatable bonds is 8. The smallest absolute Gasteiger partial charge is 0.330 e. The van der Waals surface area contributed by atoms with Gasteiger partial charge >= 0.3 is 11.7 Å². The standard InChI is InChI=1S/C35H36ClN5O6/c1-6-47-34(44)21-16-41(17-21)28-14-13-20-15-27(38-32(46-5)29(20)28)24-11-7-10-23(30(24)36)22-9-8-12-26(19(22)2)37-31(42)25-18-39(3)35(45)40(4)33(25)43/h7-12,15,18,21,28H,6,13-14,16-17H2,1-5H3,(H,37,42)/t28-/m1/s1. The van der Waals surface area contributed by atoms with Crippen LogP contribution in [-0.4, -0.2) is 57.7 Å². The molecule has 4 aromatic rings. The number of nitrogens with zero attached hydrogens (tertiary/aromatic N) is 4. The van der Waals surface area contributed by atoms with Gasteiger partial charge in [0.1, 0.15) is 5.56 Å². The molecule has 3 heterocycles. The summed E-state index contributed by atoms with van der Waals surface area (Å²) in [6, 6.07) is 13.4. The number of fused-ring (bicyclic) bond motifs is 1. The summed E-state index contributed by atoms with van der Waals surface area (Å²) >= 11 is 7.11. The number of halogens is 1. The van der Waals surface area contributed by atoms with Crippen molar-refractivity contribution in [1.29, 1.82) is 0 Å². The first-order chi connectivity index (χ1) is 22.5. The van der Waals surface area contributed by atoms with Crippen LogP contribution < -0.4 is 21.3 Å². The highest BCUT2D eigenvalue weighted by Gasteiger charge is 2.42. The zero-order valence-electron chi connectivity index (χ0n) is 26.9. The van der Waals surface area contributed by atoms with Gasteiger partial charge in [0.05, 0.1) is 30.4 Å². The van der Waals surface area contributed by atoms with Gasteiger partial charge in [0.25, 0.3) is 11.5 Å². The third-order valence-corrected chi connectivity index (χ3v) is 9.54. The first kappa shape index (κ1) is 32.2. The van der Waals surface area contributed by atoms with Gasteiger partial charge in [-0.05, 0) is 55.5 Å². The molecule has 11 nitrogen and oxygen atoms in total. The van der Waals surface area contributed by atoms with Crippen molar-refractivity contribution < 1.29 is 19.1 Å². The number of aromatic nitrogens is 3. The van der Waals surface area contributed by atoms with Crippen molar-refractivity contribution in [3.05, 3.63) is 96.8 Å². The number of anilines is 1. The fraction of sp³-hybridized carbons (Fsp3) is 0.343. The molecule has 244 valence electrons. The van der Waals surface area contributed by atoms with Crippen LogP contribution in [0, 0.1) is 12.8 Å². The number of aryl methyl sites for hydroxylation is 2. The molecule has 1 aliphatic carbocycles. The molecule has 1 fully saturated rings. The molecule has 1 N–H and O–H groups in total. The topological polar surface area (TPSA) is 125 Å². The lowest BCUT2D eigenvalue weighted by molar-refractivity contribution is -0.155. The number of pyridine rings is 1. The van der Waals surface area contributed by atoms with E-state index in [1.165, 1.54) is 24.9 Å². The zero-order chi connectivity index (χ0) is 33.6. The van der Waals surface area contributed by atoms with Gasteiger partial charge < -0.3 is 19.4 Å². The van der Waals surface area contributed by atoms with Crippen LogP contribution in [0.4, 0.5) is 5.69 Å². The highest BCUT2D eigenvalue weighted by Crippen LogP contribution is 2.46. The van der Waals surface area contributed by atoms with Crippen molar-refractivity contribution >= 4 is 29.2 Å². The van der Waals surface area contributed by atoms with Crippen molar-refractivity contribution in [2.24, 2.45) is 20.0 Å². The SMILES string of the molecule is CCOC(=O)C1CN([C@@H]2CCc3cc(-c4cccc(-c5cccc(NC(=O)c6cn(C)c(=O)n(C)c6=O)c5C)c4Cl)nc(OC)c32)C1. The van der Waals surface area contributed by atoms with Crippen molar-refractivity contribution in [3.8, 4) is 28.3 Å². The van der Waals surface area contributed by atoms with Crippen LogP contribution in [-0.2, 0) is 30.0 Å². The molecule has 2 aromatic heterocycles. The summed E-state index contributed by atoms with van der Waals surface area (Å²) < 4.78 is 13.1. The second-order valence-corrected chi connectivity index (χ2v) is 12.3. The summed E-state index contributed by atoms with van der Waals surface area (Å²) in [5, 5.41) is 3.32. The first-order valence-electron chi connectivity index (χ1n) is 15.5. The number of ether oxygens (including phenoxy) is 2. The van der Waals surface area contributed by atoms with E-state index in [4.69, 9.17) is 26.1 Å². The second kappa shape index (κ2) is 12.8. The maximum absolute atomic E-state index is 13.2. The van der Waals surface area contributed by atoms with Gasteiger partial charge in [-0.25, -0.2) is 9.78 Å². The van der Waals surface area contributed by atoms with E-state index in [2.05, 4.69) is 16.3 Å². The quantitative estimate of drug-likeness (QED) is 0.275. The molecule has 12 heteroatoms. The number of hydrogen-bond donors (Lipinski definition) is 1. The van der Waals surface area contributed by atoms with Gasteiger partial charge in [-0.3, -0.25) is 23.9 Å². The minimum Gasteiger partial charge on any atom is -0.481 e. The third kappa shape index (κ3) is 5.74. The summed E-state index contributed by atoms with van der Waals surface area (Å²) in [7, 11) is 4.43. The molecular weight excluding hydrogens is 622 g/mol. The van der Waals surface area contributed by atoms with Crippen molar-refractivity contribution in [3.63, 3.8) is 0 Å². The Kier molecular flexibility index (Phi) is 8.78. The molecule has 0 unspecified atom stereocenters. The van der Waals surface area contributed by atoms with Gasteiger partial charge in [-0.2, -0.15) is 0 Å². The average molecular weight is 658 g/mol. The van der Waals surface area contributed by atoms with E-state index in [1.54, 1.807) is 19.2 Å². The fourth-order valence-corrected chi connectivity index (χ4v) is 6.90. The summed E-state index contributed by atoms with van der Waals surface area (Å²) in [6.07, 6.45) is 3.00. The predicted octanol–water partition coefficient (Wildman–Crippen LogP) is 4.52. The predicted molar refractivity (Wildman–Crippen MR) is 179 cm³/mol. The van der Waals surface area contributed by atoms with Crippen molar-refractivity contribution in [1.82, 2.24) is 19.0 Å². The van der Waals surface area contributed by atoms with Crippen LogP contribution in [0.25, 0.3) is 22.4 Å². The van der Waals surface area contributed by atoms with E-state index < -0.39 is 17.2 Å². The molecule has 47 heavy (non-hydrogen) atoms. The maximum Gasteiger partial charge on any atom is 0.330 e. The van der Waals surface area contributed by atoms with E-state index >= 15 is 0 Å². The van der Waals surface area contributed by atoms with E-state index in [0.29, 0.717) is 42.0 Å². The second-order valence-electron chi connectivity index (χ2n) is 11.9. The van der Waals surface area contributed by atoms with Crippen LogP contribution in [0.1, 0.15) is 46.4 Å². The number of esters is 1. The van der Waals surface area contributed by atoms with Crippen LogP contribution in [0.5, 0.6) is 5.88 Å². The molecular formula is C35H36ClN5O6. The molecule has 0 saturated carbocycles. The Morgan fingerprint density at radius 2 is 1.77 bits per heavy atom. The number of likely N-dealkylation sites (tertiary alicyclic amines) is 1. The summed E-state index contributed by atoms with van der Waals surface area (Å²) in [4.78, 5) is 57.3. The monoisotopic (exact) mass is 657 g/mol. The van der Waals surface area contributed by atoms with E-state index in [1.807, 2.05) is 38.1 Å². The summed E-state index contributed by atoms with van der Waals surface area (Å²) in [6.45, 7) is 5.38. The van der Waals surface area contributed by atoms with Crippen LogP contribution in [0.3, 0.4) is 0 Å². The molecule has 0 spiro atoms. The number of carbonyl (C=O) groups is 2. The zero-order valence-corrected chi connectivity index (χ0v) is 27.7. The normalized spacial score (nSPS) is 16.0. The third-order valence-electron chi connectivity index (χ3n) is 9.13. The Hall–Kier alpha value is -4.74. The van der Waals surface area contributed by atoms with Crippen molar-refractivity contribution in [2.75, 3.05) is 32.1 Å². The maximum atomic E-state index is 13.2. The molecule has 0 bridgehead atoms. The first-order valence-corrected chi connectivity index (χ1v) is 15.9. The molecule has 2 aromatic carbocycles. The largest absolute Gasteiger partial charge is 0.481 e. The number of benzene rings is 2. The summed E-state index contributed by atoms with van der Waals surface area (Å²) in [5.74, 6) is -0.319. The molecule has 6 rings (SSSR count). The van der Waals surface area contributed by atoms with E-state index in [0.717, 1.165) is 50.8 Å². The lowest BCUT2D eigenvalue weighted by Gasteiger charge is -2.42. The Bertz CT molecular complexity index is 2030. The molecule has 1 aliphatic heterocycles. The highest BCUT2D eigenvalue weighted by atomic mass is 35.5.